The van der Waals surface area contributed by atoms with Crippen molar-refractivity contribution in [3.05, 3.63) is 0 Å². The topological polar surface area (TPSA) is 58.4 Å². The monoisotopic (exact) mass is 281 g/mol. The molecule has 2 aliphatic rings. The normalized spacial score (nSPS) is 29.6. The average molecular weight is 281 g/mol. The van der Waals surface area contributed by atoms with Crippen LogP contribution in [0.5, 0.6) is 0 Å². The molecule has 0 unspecified atom stereocenters. The third-order valence-corrected chi connectivity index (χ3v) is 5.62. The fraction of sp³-hybridized carbons (Fsp3) is 0.938. The summed E-state index contributed by atoms with van der Waals surface area (Å²) in [6.45, 7) is 1.45. The molecule has 116 valence electrons. The minimum absolute atomic E-state index is 0.155. The summed E-state index contributed by atoms with van der Waals surface area (Å²) in [5.41, 5.74) is 5.96. The average Bonchev–Trinajstić information content (AvgIpc) is 2.94. The molecule has 2 saturated carbocycles. The Balaban J connectivity index is 1.90. The van der Waals surface area contributed by atoms with Crippen LogP contribution in [-0.4, -0.2) is 43.5 Å². The number of nitrogens with two attached hydrogens (primary N) is 1. The maximum Gasteiger partial charge on any atom is 0.223 e. The number of amides is 1. The van der Waals surface area contributed by atoms with E-state index in [1.807, 2.05) is 0 Å². The summed E-state index contributed by atoms with van der Waals surface area (Å²) in [5.74, 6) is 0.796. The summed E-state index contributed by atoms with van der Waals surface area (Å²) in [5, 5.41) is 3.24. The number of likely N-dealkylation sites (N-methyl/N-ethyl adjacent to an activating group) is 1. The second kappa shape index (κ2) is 6.90. The van der Waals surface area contributed by atoms with E-state index in [4.69, 9.17) is 5.73 Å². The third-order valence-electron chi connectivity index (χ3n) is 5.62. The molecule has 0 aromatic heterocycles. The summed E-state index contributed by atoms with van der Waals surface area (Å²) in [4.78, 5) is 14.8. The third kappa shape index (κ3) is 3.34. The zero-order chi connectivity index (χ0) is 14.6. The Morgan fingerprint density at radius 1 is 1.20 bits per heavy atom. The predicted octanol–water partition coefficient (Wildman–Crippen LogP) is 1.74. The van der Waals surface area contributed by atoms with Crippen molar-refractivity contribution in [1.82, 2.24) is 10.2 Å². The zero-order valence-electron chi connectivity index (χ0n) is 13.2. The highest BCUT2D eigenvalue weighted by atomic mass is 16.1. The van der Waals surface area contributed by atoms with E-state index in [0.29, 0.717) is 12.5 Å². The largest absolute Gasteiger partial charge is 0.354 e. The molecular formula is C16H31N3O. The van der Waals surface area contributed by atoms with Gasteiger partial charge in [0.1, 0.15) is 0 Å². The summed E-state index contributed by atoms with van der Waals surface area (Å²) >= 11 is 0. The van der Waals surface area contributed by atoms with Crippen molar-refractivity contribution in [3.63, 3.8) is 0 Å². The van der Waals surface area contributed by atoms with Crippen molar-refractivity contribution in [2.24, 2.45) is 17.6 Å². The molecule has 0 aromatic carbocycles. The maximum atomic E-state index is 12.4. The standard InChI is InChI=1S/C16H31N3O/c1-19(2)16(9-4-3-5-10-16)12-18-15(20)14-8-6-7-13(14)11-17/h13-14H,3-12,17H2,1-2H3,(H,18,20)/t13-,14-/m1/s1. The van der Waals surface area contributed by atoms with Gasteiger partial charge in [0, 0.05) is 18.0 Å². The van der Waals surface area contributed by atoms with Gasteiger partial charge in [0.15, 0.2) is 0 Å². The van der Waals surface area contributed by atoms with Gasteiger partial charge in [-0.25, -0.2) is 0 Å². The Hall–Kier alpha value is -0.610. The number of carbonyl (C=O) groups excluding carboxylic acids is 1. The number of rotatable bonds is 5. The Labute approximate surface area is 123 Å². The summed E-state index contributed by atoms with van der Waals surface area (Å²) in [7, 11) is 4.30. The van der Waals surface area contributed by atoms with E-state index in [2.05, 4.69) is 24.3 Å². The first-order valence-electron chi connectivity index (χ1n) is 8.24. The maximum absolute atomic E-state index is 12.4. The summed E-state index contributed by atoms with van der Waals surface area (Å²) in [6, 6.07) is 0. The minimum Gasteiger partial charge on any atom is -0.354 e. The van der Waals surface area contributed by atoms with Crippen LogP contribution in [0.25, 0.3) is 0 Å². The van der Waals surface area contributed by atoms with Crippen LogP contribution in [0.2, 0.25) is 0 Å². The Bertz CT molecular complexity index is 324. The summed E-state index contributed by atoms with van der Waals surface area (Å²) < 4.78 is 0. The molecule has 1 amide bonds. The van der Waals surface area contributed by atoms with Gasteiger partial charge < -0.3 is 16.0 Å². The second-order valence-corrected chi connectivity index (χ2v) is 6.93. The molecule has 0 spiro atoms. The van der Waals surface area contributed by atoms with Crippen molar-refractivity contribution >= 4 is 5.91 Å². The first kappa shape index (κ1) is 15.8. The molecule has 0 radical (unpaired) electrons. The highest BCUT2D eigenvalue weighted by molar-refractivity contribution is 5.79. The number of nitrogens with zero attached hydrogens (tertiary/aromatic N) is 1. The van der Waals surface area contributed by atoms with Crippen LogP contribution in [0.1, 0.15) is 51.4 Å². The van der Waals surface area contributed by atoms with Crippen molar-refractivity contribution in [3.8, 4) is 0 Å². The van der Waals surface area contributed by atoms with E-state index in [9.17, 15) is 4.79 Å². The molecule has 2 fully saturated rings. The van der Waals surface area contributed by atoms with E-state index >= 15 is 0 Å². The van der Waals surface area contributed by atoms with E-state index in [1.54, 1.807) is 0 Å². The van der Waals surface area contributed by atoms with Gasteiger partial charge in [0.25, 0.3) is 0 Å². The number of nitrogens with one attached hydrogen (secondary N) is 1. The van der Waals surface area contributed by atoms with Gasteiger partial charge in [-0.2, -0.15) is 0 Å². The van der Waals surface area contributed by atoms with Crippen LogP contribution in [-0.2, 0) is 4.79 Å². The molecule has 2 atom stereocenters. The molecular weight excluding hydrogens is 250 g/mol. The van der Waals surface area contributed by atoms with Crippen LogP contribution in [0.15, 0.2) is 0 Å². The molecule has 4 nitrogen and oxygen atoms in total. The Morgan fingerprint density at radius 2 is 1.90 bits per heavy atom. The Morgan fingerprint density at radius 3 is 2.50 bits per heavy atom. The van der Waals surface area contributed by atoms with E-state index in [1.165, 1.54) is 32.1 Å². The number of hydrogen-bond acceptors (Lipinski definition) is 3. The van der Waals surface area contributed by atoms with E-state index in [-0.39, 0.29) is 17.4 Å². The van der Waals surface area contributed by atoms with E-state index < -0.39 is 0 Å². The first-order valence-corrected chi connectivity index (χ1v) is 8.24. The van der Waals surface area contributed by atoms with Crippen LogP contribution in [0.3, 0.4) is 0 Å². The molecule has 0 aliphatic heterocycles. The van der Waals surface area contributed by atoms with Gasteiger partial charge in [-0.05, 0) is 52.2 Å². The molecule has 2 aliphatic carbocycles. The fourth-order valence-corrected chi connectivity index (χ4v) is 4.04. The molecule has 2 rings (SSSR count). The van der Waals surface area contributed by atoms with Crippen LogP contribution in [0.4, 0.5) is 0 Å². The zero-order valence-corrected chi connectivity index (χ0v) is 13.2. The highest BCUT2D eigenvalue weighted by Gasteiger charge is 2.37. The SMILES string of the molecule is CN(C)C1(CNC(=O)[C@@H]2CCC[C@@H]2CN)CCCCC1. The van der Waals surface area contributed by atoms with Gasteiger partial charge >= 0.3 is 0 Å². The molecule has 20 heavy (non-hydrogen) atoms. The van der Waals surface area contributed by atoms with Gasteiger partial charge in [0.2, 0.25) is 5.91 Å². The van der Waals surface area contributed by atoms with Crippen molar-refractivity contribution in [2.45, 2.75) is 56.9 Å². The van der Waals surface area contributed by atoms with E-state index in [0.717, 1.165) is 25.8 Å². The minimum atomic E-state index is 0.155. The number of hydrogen-bond donors (Lipinski definition) is 2. The summed E-state index contributed by atoms with van der Waals surface area (Å²) in [6.07, 6.45) is 9.58. The first-order chi connectivity index (χ1) is 9.59. The van der Waals surface area contributed by atoms with Crippen molar-refractivity contribution in [1.29, 1.82) is 0 Å². The van der Waals surface area contributed by atoms with Gasteiger partial charge in [-0.1, -0.05) is 25.7 Å². The second-order valence-electron chi connectivity index (χ2n) is 6.93. The van der Waals surface area contributed by atoms with Crippen molar-refractivity contribution in [2.75, 3.05) is 27.2 Å². The van der Waals surface area contributed by atoms with Gasteiger partial charge in [0.05, 0.1) is 0 Å². The highest BCUT2D eigenvalue weighted by Crippen LogP contribution is 2.33. The lowest BCUT2D eigenvalue weighted by atomic mass is 9.80. The molecule has 4 heteroatoms. The van der Waals surface area contributed by atoms with Crippen LogP contribution >= 0.6 is 0 Å². The lowest BCUT2D eigenvalue weighted by Gasteiger charge is -2.43. The lowest BCUT2D eigenvalue weighted by molar-refractivity contribution is -0.126. The fourth-order valence-electron chi connectivity index (χ4n) is 4.04. The molecule has 0 bridgehead atoms. The lowest BCUT2D eigenvalue weighted by Crippen LogP contribution is -2.54. The quantitative estimate of drug-likeness (QED) is 0.807. The van der Waals surface area contributed by atoms with Gasteiger partial charge in [-0.3, -0.25) is 4.79 Å². The molecule has 0 saturated heterocycles. The van der Waals surface area contributed by atoms with Gasteiger partial charge in [-0.15, -0.1) is 0 Å². The van der Waals surface area contributed by atoms with Crippen LogP contribution < -0.4 is 11.1 Å². The predicted molar refractivity (Wildman–Crippen MR) is 82.4 cm³/mol. The van der Waals surface area contributed by atoms with Crippen molar-refractivity contribution < 1.29 is 4.79 Å². The molecule has 3 N–H and O–H groups in total. The Kier molecular flexibility index (Phi) is 5.44. The molecule has 0 aromatic rings. The number of carbonyl (C=O) groups is 1. The smallest absolute Gasteiger partial charge is 0.223 e. The molecule has 0 heterocycles. The van der Waals surface area contributed by atoms with Crippen LogP contribution in [0, 0.1) is 11.8 Å².